The zero-order valence-corrected chi connectivity index (χ0v) is 19.8. The molecule has 0 bridgehead atoms. The molecule has 2 fully saturated rings. The van der Waals surface area contributed by atoms with E-state index < -0.39 is 5.54 Å². The number of carbonyl (C=O) groups excluding carboxylic acids is 1. The maximum absolute atomic E-state index is 13.6. The van der Waals surface area contributed by atoms with E-state index in [2.05, 4.69) is 4.90 Å². The molecular weight excluding hydrogens is 432 g/mol. The molecule has 1 saturated heterocycles. The monoisotopic (exact) mass is 465 g/mol. The molecule has 172 valence electrons. The van der Waals surface area contributed by atoms with Gasteiger partial charge >= 0.3 is 0 Å². The molecule has 0 aromatic heterocycles. The van der Waals surface area contributed by atoms with Gasteiger partial charge in [-0.1, -0.05) is 13.8 Å². The average molecular weight is 466 g/mol. The summed E-state index contributed by atoms with van der Waals surface area (Å²) in [5.41, 5.74) is 6.11. The minimum atomic E-state index is -0.874. The zero-order chi connectivity index (χ0) is 20.5. The van der Waals surface area contributed by atoms with Crippen molar-refractivity contribution in [2.45, 2.75) is 45.4 Å². The molecule has 0 radical (unpaired) electrons. The summed E-state index contributed by atoms with van der Waals surface area (Å²) in [5.74, 6) is 0.418. The molecule has 9 heteroatoms. The molecule has 3 rings (SSSR count). The van der Waals surface area contributed by atoms with Crippen LogP contribution in [0.15, 0.2) is 18.2 Å². The standard InChI is InChI=1S/C21H32FN3O3.2ClH/c1-5-28-18-13-21(23,20(18,2)3)19(26)25-10-8-24(9-11-25)14-15-12-16(22)6-7-17(15)27-4;;/h6-7,12,18H,5,8-11,13-14,23H2,1-4H3;2*1H. The first-order valence-corrected chi connectivity index (χ1v) is 9.97. The Bertz CT molecular complexity index is 729. The van der Waals surface area contributed by atoms with Gasteiger partial charge in [-0.25, -0.2) is 4.39 Å². The van der Waals surface area contributed by atoms with Crippen molar-refractivity contribution in [2.75, 3.05) is 39.9 Å². The maximum Gasteiger partial charge on any atom is 0.243 e. The van der Waals surface area contributed by atoms with Crippen molar-refractivity contribution in [3.8, 4) is 5.75 Å². The number of rotatable bonds is 6. The second-order valence-electron chi connectivity index (χ2n) is 8.37. The SMILES string of the molecule is CCOC1CC(N)(C(=O)N2CCN(Cc3cc(F)ccc3OC)CC2)C1(C)C.Cl.Cl. The first kappa shape index (κ1) is 26.9. The van der Waals surface area contributed by atoms with Crippen LogP contribution in [0.2, 0.25) is 0 Å². The Morgan fingerprint density at radius 2 is 1.87 bits per heavy atom. The summed E-state index contributed by atoms with van der Waals surface area (Å²) in [7, 11) is 1.59. The van der Waals surface area contributed by atoms with Gasteiger partial charge in [-0.05, 0) is 25.1 Å². The first-order chi connectivity index (χ1) is 13.2. The molecule has 6 nitrogen and oxygen atoms in total. The number of nitrogens with zero attached hydrogens (tertiary/aromatic N) is 2. The number of piperazine rings is 1. The van der Waals surface area contributed by atoms with Gasteiger partial charge in [0.05, 0.1) is 13.2 Å². The number of methoxy groups -OCH3 is 1. The van der Waals surface area contributed by atoms with Crippen molar-refractivity contribution in [1.82, 2.24) is 9.80 Å². The summed E-state index contributed by atoms with van der Waals surface area (Å²) in [6, 6.07) is 4.56. The van der Waals surface area contributed by atoms with E-state index in [-0.39, 0.29) is 48.1 Å². The molecular formula is C21H34Cl2FN3O3. The Kier molecular flexibility index (Phi) is 9.39. The highest BCUT2D eigenvalue weighted by molar-refractivity contribution is 5.89. The molecule has 1 saturated carbocycles. The number of carbonyl (C=O) groups is 1. The predicted octanol–water partition coefficient (Wildman–Crippen LogP) is 2.85. The van der Waals surface area contributed by atoms with E-state index in [1.807, 2.05) is 25.7 Å². The lowest BCUT2D eigenvalue weighted by Crippen LogP contribution is -2.76. The highest BCUT2D eigenvalue weighted by Crippen LogP contribution is 2.50. The van der Waals surface area contributed by atoms with Crippen LogP contribution in [0, 0.1) is 11.2 Å². The Hall–Kier alpha value is -1.12. The molecule has 1 amide bonds. The van der Waals surface area contributed by atoms with Crippen LogP contribution in [0.1, 0.15) is 32.8 Å². The topological polar surface area (TPSA) is 68.0 Å². The van der Waals surface area contributed by atoms with Crippen LogP contribution in [0.4, 0.5) is 4.39 Å². The average Bonchev–Trinajstić information content (AvgIpc) is 2.68. The van der Waals surface area contributed by atoms with Crippen molar-refractivity contribution >= 4 is 30.7 Å². The fourth-order valence-corrected chi connectivity index (χ4v) is 4.30. The summed E-state index contributed by atoms with van der Waals surface area (Å²) in [5, 5.41) is 0. The lowest BCUT2D eigenvalue weighted by atomic mass is 9.54. The third kappa shape index (κ3) is 4.86. The Morgan fingerprint density at radius 3 is 2.40 bits per heavy atom. The number of hydrogen-bond acceptors (Lipinski definition) is 5. The van der Waals surface area contributed by atoms with Crippen molar-refractivity contribution in [1.29, 1.82) is 0 Å². The first-order valence-electron chi connectivity index (χ1n) is 9.97. The molecule has 1 aromatic carbocycles. The van der Waals surface area contributed by atoms with Crippen LogP contribution in [0.5, 0.6) is 5.75 Å². The van der Waals surface area contributed by atoms with Crippen LogP contribution < -0.4 is 10.5 Å². The lowest BCUT2D eigenvalue weighted by Gasteiger charge is -2.59. The van der Waals surface area contributed by atoms with Crippen LogP contribution in [-0.4, -0.2) is 67.2 Å². The molecule has 1 heterocycles. The fraction of sp³-hybridized carbons (Fsp3) is 0.667. The van der Waals surface area contributed by atoms with Gasteiger partial charge in [-0.2, -0.15) is 0 Å². The quantitative estimate of drug-likeness (QED) is 0.699. The molecule has 2 unspecified atom stereocenters. The summed E-state index contributed by atoms with van der Waals surface area (Å²) in [6.45, 7) is 9.88. The van der Waals surface area contributed by atoms with Crippen molar-refractivity contribution in [3.63, 3.8) is 0 Å². The predicted molar refractivity (Wildman–Crippen MR) is 120 cm³/mol. The minimum absolute atomic E-state index is 0. The van der Waals surface area contributed by atoms with E-state index in [1.54, 1.807) is 13.2 Å². The second kappa shape index (κ2) is 10.5. The van der Waals surface area contributed by atoms with Gasteiger partial charge in [-0.3, -0.25) is 9.69 Å². The molecule has 2 aliphatic rings. The number of ether oxygens (including phenoxy) is 2. The van der Waals surface area contributed by atoms with E-state index in [1.165, 1.54) is 12.1 Å². The molecule has 1 aliphatic heterocycles. The minimum Gasteiger partial charge on any atom is -0.496 e. The largest absolute Gasteiger partial charge is 0.496 e. The van der Waals surface area contributed by atoms with Crippen LogP contribution in [0.25, 0.3) is 0 Å². The zero-order valence-electron chi connectivity index (χ0n) is 18.2. The third-order valence-electron chi connectivity index (χ3n) is 6.51. The lowest BCUT2D eigenvalue weighted by molar-refractivity contribution is -0.180. The number of benzene rings is 1. The van der Waals surface area contributed by atoms with Crippen LogP contribution in [-0.2, 0) is 16.1 Å². The van der Waals surface area contributed by atoms with Gasteiger partial charge in [0.2, 0.25) is 5.91 Å². The van der Waals surface area contributed by atoms with Gasteiger partial charge in [0.1, 0.15) is 17.1 Å². The van der Waals surface area contributed by atoms with Crippen molar-refractivity contribution in [3.05, 3.63) is 29.6 Å². The molecule has 30 heavy (non-hydrogen) atoms. The van der Waals surface area contributed by atoms with Gasteiger partial charge in [0, 0.05) is 56.7 Å². The molecule has 1 aliphatic carbocycles. The Balaban J connectivity index is 0.00000225. The fourth-order valence-electron chi connectivity index (χ4n) is 4.30. The molecule has 1 aromatic rings. The summed E-state index contributed by atoms with van der Waals surface area (Å²) in [4.78, 5) is 17.2. The highest BCUT2D eigenvalue weighted by atomic mass is 35.5. The molecule has 2 atom stereocenters. The summed E-state index contributed by atoms with van der Waals surface area (Å²) in [6.07, 6.45) is 0.584. The van der Waals surface area contributed by atoms with Crippen LogP contribution >= 0.6 is 24.8 Å². The normalized spacial score (nSPS) is 25.5. The Morgan fingerprint density at radius 1 is 1.23 bits per heavy atom. The maximum atomic E-state index is 13.6. The van der Waals surface area contributed by atoms with Gasteiger partial charge in [-0.15, -0.1) is 24.8 Å². The van der Waals surface area contributed by atoms with E-state index in [0.717, 1.165) is 18.7 Å². The van der Waals surface area contributed by atoms with Crippen molar-refractivity contribution < 1.29 is 18.7 Å². The summed E-state index contributed by atoms with van der Waals surface area (Å²) < 4.78 is 24.7. The summed E-state index contributed by atoms with van der Waals surface area (Å²) >= 11 is 0. The van der Waals surface area contributed by atoms with E-state index in [4.69, 9.17) is 15.2 Å². The number of amides is 1. The van der Waals surface area contributed by atoms with E-state index in [0.29, 0.717) is 38.4 Å². The smallest absolute Gasteiger partial charge is 0.243 e. The number of hydrogen-bond donors (Lipinski definition) is 1. The number of nitrogens with two attached hydrogens (primary N) is 1. The Labute approximate surface area is 191 Å². The van der Waals surface area contributed by atoms with Gasteiger partial charge in [0.25, 0.3) is 0 Å². The van der Waals surface area contributed by atoms with Crippen molar-refractivity contribution in [2.24, 2.45) is 11.1 Å². The number of halogens is 3. The van der Waals surface area contributed by atoms with E-state index in [9.17, 15) is 9.18 Å². The van der Waals surface area contributed by atoms with Gasteiger partial charge < -0.3 is 20.1 Å². The highest BCUT2D eigenvalue weighted by Gasteiger charge is 2.63. The molecule has 2 N–H and O–H groups in total. The third-order valence-corrected chi connectivity index (χ3v) is 6.51. The second-order valence-corrected chi connectivity index (χ2v) is 8.37. The molecule has 0 spiro atoms. The van der Waals surface area contributed by atoms with Crippen LogP contribution in [0.3, 0.4) is 0 Å². The van der Waals surface area contributed by atoms with Gasteiger partial charge in [0.15, 0.2) is 0 Å². The van der Waals surface area contributed by atoms with E-state index >= 15 is 0 Å².